The van der Waals surface area contributed by atoms with E-state index in [1.165, 1.54) is 19.3 Å². The summed E-state index contributed by atoms with van der Waals surface area (Å²) in [5, 5.41) is 21.8. The van der Waals surface area contributed by atoms with Gasteiger partial charge in [0, 0.05) is 18.8 Å². The second-order valence-corrected chi connectivity index (χ2v) is 5.22. The first-order valence-corrected chi connectivity index (χ1v) is 6.88. The van der Waals surface area contributed by atoms with Gasteiger partial charge in [-0.2, -0.15) is 0 Å². The maximum atomic E-state index is 9.37. The van der Waals surface area contributed by atoms with E-state index in [0.29, 0.717) is 18.4 Å². The van der Waals surface area contributed by atoms with Crippen LogP contribution in [0.15, 0.2) is 24.3 Å². The standard InChI is InChI=1S/C15H23NO2/c17-10-12-5-7-15(8-6-12)16-9-13-3-1-2-4-14(13)11-18/h5-8,13-14,16-18H,1-4,9-11H2. The van der Waals surface area contributed by atoms with Gasteiger partial charge < -0.3 is 15.5 Å². The molecule has 0 saturated heterocycles. The lowest BCUT2D eigenvalue weighted by atomic mass is 9.79. The van der Waals surface area contributed by atoms with Crippen LogP contribution in [0.2, 0.25) is 0 Å². The van der Waals surface area contributed by atoms with E-state index >= 15 is 0 Å². The smallest absolute Gasteiger partial charge is 0.0681 e. The molecule has 0 aromatic heterocycles. The van der Waals surface area contributed by atoms with E-state index in [1.54, 1.807) is 0 Å². The van der Waals surface area contributed by atoms with Crippen LogP contribution in [0.1, 0.15) is 31.2 Å². The van der Waals surface area contributed by atoms with Crippen molar-refractivity contribution in [1.82, 2.24) is 0 Å². The van der Waals surface area contributed by atoms with Gasteiger partial charge in [-0.3, -0.25) is 0 Å². The van der Waals surface area contributed by atoms with Gasteiger partial charge in [-0.15, -0.1) is 0 Å². The molecule has 1 saturated carbocycles. The van der Waals surface area contributed by atoms with Crippen LogP contribution in [0.5, 0.6) is 0 Å². The van der Waals surface area contributed by atoms with Gasteiger partial charge >= 0.3 is 0 Å². The molecule has 2 rings (SSSR count). The molecule has 0 aliphatic heterocycles. The fourth-order valence-electron chi connectivity index (χ4n) is 2.77. The van der Waals surface area contributed by atoms with Gasteiger partial charge in [0.15, 0.2) is 0 Å². The lowest BCUT2D eigenvalue weighted by Crippen LogP contribution is -2.28. The molecule has 100 valence electrons. The third kappa shape index (κ3) is 3.47. The summed E-state index contributed by atoms with van der Waals surface area (Å²) in [6, 6.07) is 7.88. The first-order chi connectivity index (χ1) is 8.83. The Morgan fingerprint density at radius 1 is 1.00 bits per heavy atom. The van der Waals surface area contributed by atoms with E-state index in [2.05, 4.69) is 5.32 Å². The Balaban J connectivity index is 1.85. The molecule has 1 aromatic rings. The molecule has 1 fully saturated rings. The molecule has 0 amide bonds. The van der Waals surface area contributed by atoms with Crippen molar-refractivity contribution >= 4 is 5.69 Å². The van der Waals surface area contributed by atoms with Crippen LogP contribution in [-0.4, -0.2) is 23.4 Å². The molecule has 1 aliphatic carbocycles. The van der Waals surface area contributed by atoms with Gasteiger partial charge in [0.05, 0.1) is 6.61 Å². The highest BCUT2D eigenvalue weighted by Gasteiger charge is 2.23. The van der Waals surface area contributed by atoms with Crippen LogP contribution in [0.4, 0.5) is 5.69 Å². The van der Waals surface area contributed by atoms with Crippen molar-refractivity contribution in [3.63, 3.8) is 0 Å². The minimum atomic E-state index is 0.0927. The highest BCUT2D eigenvalue weighted by Crippen LogP contribution is 2.29. The third-order valence-corrected chi connectivity index (χ3v) is 4.01. The van der Waals surface area contributed by atoms with E-state index in [1.807, 2.05) is 24.3 Å². The number of anilines is 1. The lowest BCUT2D eigenvalue weighted by Gasteiger charge is -2.30. The van der Waals surface area contributed by atoms with Crippen molar-refractivity contribution in [3.8, 4) is 0 Å². The van der Waals surface area contributed by atoms with Crippen LogP contribution in [0.25, 0.3) is 0 Å². The van der Waals surface area contributed by atoms with Gasteiger partial charge in [-0.25, -0.2) is 0 Å². The van der Waals surface area contributed by atoms with Gasteiger partial charge in [0.25, 0.3) is 0 Å². The molecule has 3 nitrogen and oxygen atoms in total. The molecule has 0 radical (unpaired) electrons. The van der Waals surface area contributed by atoms with E-state index in [0.717, 1.165) is 24.2 Å². The lowest BCUT2D eigenvalue weighted by molar-refractivity contribution is 0.141. The van der Waals surface area contributed by atoms with Crippen LogP contribution in [-0.2, 0) is 6.61 Å². The third-order valence-electron chi connectivity index (χ3n) is 4.01. The van der Waals surface area contributed by atoms with E-state index in [4.69, 9.17) is 5.11 Å². The number of rotatable bonds is 5. The summed E-state index contributed by atoms with van der Waals surface area (Å²) in [5.74, 6) is 1.05. The summed E-state index contributed by atoms with van der Waals surface area (Å²) < 4.78 is 0. The molecule has 2 unspecified atom stereocenters. The first kappa shape index (κ1) is 13.4. The summed E-state index contributed by atoms with van der Waals surface area (Å²) in [6.45, 7) is 1.34. The Bertz CT molecular complexity index is 350. The fourth-order valence-corrected chi connectivity index (χ4v) is 2.77. The number of aliphatic hydroxyl groups excluding tert-OH is 2. The molecule has 3 heteroatoms. The highest BCUT2D eigenvalue weighted by molar-refractivity contribution is 5.44. The monoisotopic (exact) mass is 249 g/mol. The van der Waals surface area contributed by atoms with Crippen molar-refractivity contribution in [3.05, 3.63) is 29.8 Å². The number of hydrogen-bond donors (Lipinski definition) is 3. The summed E-state index contributed by atoms with van der Waals surface area (Å²) in [4.78, 5) is 0. The minimum absolute atomic E-state index is 0.0927. The van der Waals surface area contributed by atoms with E-state index < -0.39 is 0 Å². The average molecular weight is 249 g/mol. The van der Waals surface area contributed by atoms with Gasteiger partial charge in [0.2, 0.25) is 0 Å². The zero-order valence-electron chi connectivity index (χ0n) is 10.8. The maximum Gasteiger partial charge on any atom is 0.0681 e. The van der Waals surface area contributed by atoms with Crippen LogP contribution >= 0.6 is 0 Å². The van der Waals surface area contributed by atoms with Crippen molar-refractivity contribution in [2.75, 3.05) is 18.5 Å². The molecule has 3 N–H and O–H groups in total. The van der Waals surface area contributed by atoms with Crippen LogP contribution < -0.4 is 5.32 Å². The zero-order valence-corrected chi connectivity index (χ0v) is 10.8. The highest BCUT2D eigenvalue weighted by atomic mass is 16.3. The van der Waals surface area contributed by atoms with Gasteiger partial charge in [0.1, 0.15) is 0 Å². The summed E-state index contributed by atoms with van der Waals surface area (Å²) in [7, 11) is 0. The molecule has 2 atom stereocenters. The maximum absolute atomic E-state index is 9.37. The molecular weight excluding hydrogens is 226 g/mol. The Morgan fingerprint density at radius 2 is 1.67 bits per heavy atom. The molecule has 0 spiro atoms. The van der Waals surface area contributed by atoms with Crippen molar-refractivity contribution < 1.29 is 10.2 Å². The van der Waals surface area contributed by atoms with Crippen LogP contribution in [0, 0.1) is 11.8 Å². The van der Waals surface area contributed by atoms with Crippen molar-refractivity contribution in [1.29, 1.82) is 0 Å². The Morgan fingerprint density at radius 3 is 2.28 bits per heavy atom. The summed E-state index contributed by atoms with van der Waals surface area (Å²) in [5.41, 5.74) is 2.03. The Kier molecular flexibility index (Phi) is 5.02. The van der Waals surface area contributed by atoms with Crippen molar-refractivity contribution in [2.45, 2.75) is 32.3 Å². The van der Waals surface area contributed by atoms with Gasteiger partial charge in [-0.05, 0) is 42.4 Å². The zero-order chi connectivity index (χ0) is 12.8. The molecule has 1 aliphatic rings. The fraction of sp³-hybridized carbons (Fsp3) is 0.600. The quantitative estimate of drug-likeness (QED) is 0.751. The SMILES string of the molecule is OCc1ccc(NCC2CCCCC2CO)cc1. The molecule has 1 aromatic carbocycles. The largest absolute Gasteiger partial charge is 0.396 e. The predicted octanol–water partition coefficient (Wildman–Crippen LogP) is 2.39. The van der Waals surface area contributed by atoms with E-state index in [9.17, 15) is 5.11 Å². The molecular formula is C15H23NO2. The topological polar surface area (TPSA) is 52.5 Å². The molecule has 0 bridgehead atoms. The predicted molar refractivity (Wildman–Crippen MR) is 73.4 cm³/mol. The second kappa shape index (κ2) is 6.76. The molecule has 0 heterocycles. The Hall–Kier alpha value is -1.06. The number of aliphatic hydroxyl groups is 2. The molecule has 18 heavy (non-hydrogen) atoms. The van der Waals surface area contributed by atoms with Crippen molar-refractivity contribution in [2.24, 2.45) is 11.8 Å². The summed E-state index contributed by atoms with van der Waals surface area (Å²) >= 11 is 0. The van der Waals surface area contributed by atoms with Crippen LogP contribution in [0.3, 0.4) is 0 Å². The number of benzene rings is 1. The normalized spacial score (nSPS) is 23.9. The first-order valence-electron chi connectivity index (χ1n) is 6.88. The average Bonchev–Trinajstić information content (AvgIpc) is 2.46. The Labute approximate surface area is 109 Å². The van der Waals surface area contributed by atoms with E-state index in [-0.39, 0.29) is 6.61 Å². The number of nitrogens with one attached hydrogen (secondary N) is 1. The number of hydrogen-bond acceptors (Lipinski definition) is 3. The van der Waals surface area contributed by atoms with Gasteiger partial charge in [-0.1, -0.05) is 25.0 Å². The summed E-state index contributed by atoms with van der Waals surface area (Å²) in [6.07, 6.45) is 4.92. The minimum Gasteiger partial charge on any atom is -0.396 e. The second-order valence-electron chi connectivity index (χ2n) is 5.22.